The Bertz CT molecular complexity index is 373. The average molecular weight is 173 g/mol. The van der Waals surface area contributed by atoms with Crippen molar-refractivity contribution in [1.29, 1.82) is 0 Å². The van der Waals surface area contributed by atoms with Crippen molar-refractivity contribution in [2.75, 3.05) is 0 Å². The second-order valence-corrected chi connectivity index (χ2v) is 2.17. The third-order valence-corrected chi connectivity index (χ3v) is 1.18. The Morgan fingerprint density at radius 3 is 2.75 bits per heavy atom. The van der Waals surface area contributed by atoms with Gasteiger partial charge in [-0.15, -0.1) is 4.74 Å². The first-order valence-electron chi connectivity index (χ1n) is 3.15. The van der Waals surface area contributed by atoms with Crippen LogP contribution in [0.4, 0.5) is 0 Å². The third kappa shape index (κ3) is 1.70. The lowest BCUT2D eigenvalue weighted by molar-refractivity contribution is -0.109. The first-order valence-corrected chi connectivity index (χ1v) is 3.15. The molecule has 0 spiro atoms. The van der Waals surface area contributed by atoms with E-state index in [-0.39, 0.29) is 6.54 Å². The zero-order valence-electron chi connectivity index (χ0n) is 6.02. The normalized spacial score (nSPS) is 12.8. The molecule has 0 aromatic carbocycles. The molecule has 1 atom stereocenters. The fourth-order valence-electron chi connectivity index (χ4n) is 0.669. The molecule has 1 aromatic heterocycles. The monoisotopic (exact) mass is 173 g/mol. The number of hydrogen-bond donors (Lipinski definition) is 2. The minimum Gasteiger partial charge on any atom is -0.320 e. The highest BCUT2D eigenvalue weighted by Crippen LogP contribution is 1.78. The summed E-state index contributed by atoms with van der Waals surface area (Å²) in [4.78, 5) is 33.0. The molecule has 3 N–H and O–H groups in total. The molecule has 0 amide bonds. The standard InChI is InChI=1S/C5H7N3O4/c6-3(2-9)1-8-4(10)7-5(11)12-8/h2-3H,1,6H2,(H,7,10,11). The van der Waals surface area contributed by atoms with E-state index in [0.29, 0.717) is 11.0 Å². The number of aldehydes is 1. The number of nitrogens with one attached hydrogen (secondary N) is 1. The van der Waals surface area contributed by atoms with Crippen LogP contribution in [0.2, 0.25) is 0 Å². The largest absolute Gasteiger partial charge is 0.440 e. The Hall–Kier alpha value is -1.63. The molecule has 0 saturated heterocycles. The van der Waals surface area contributed by atoms with Gasteiger partial charge >= 0.3 is 11.4 Å². The number of hydrogen-bond acceptors (Lipinski definition) is 5. The second kappa shape index (κ2) is 3.18. The van der Waals surface area contributed by atoms with Gasteiger partial charge in [-0.05, 0) is 0 Å². The molecule has 1 unspecified atom stereocenters. The predicted molar refractivity (Wildman–Crippen MR) is 37.6 cm³/mol. The van der Waals surface area contributed by atoms with Crippen LogP contribution in [0, 0.1) is 0 Å². The van der Waals surface area contributed by atoms with Crippen molar-refractivity contribution in [1.82, 2.24) is 9.72 Å². The minimum absolute atomic E-state index is 0.138. The van der Waals surface area contributed by atoms with Crippen LogP contribution >= 0.6 is 0 Å². The number of nitrogens with two attached hydrogens (primary N) is 1. The summed E-state index contributed by atoms with van der Waals surface area (Å²) in [6.45, 7) is -0.138. The van der Waals surface area contributed by atoms with Gasteiger partial charge in [-0.3, -0.25) is 0 Å². The Kier molecular flexibility index (Phi) is 2.24. The van der Waals surface area contributed by atoms with Crippen LogP contribution in [0.3, 0.4) is 0 Å². The molecule has 0 bridgehead atoms. The van der Waals surface area contributed by atoms with Gasteiger partial charge in [-0.25, -0.2) is 14.6 Å². The molecule has 0 aliphatic carbocycles. The number of aromatic nitrogens is 2. The number of aromatic amines is 1. The molecule has 1 aromatic rings. The summed E-state index contributed by atoms with van der Waals surface area (Å²) in [5.41, 5.74) is 4.47. The van der Waals surface area contributed by atoms with E-state index in [1.807, 2.05) is 4.98 Å². The van der Waals surface area contributed by atoms with E-state index in [9.17, 15) is 14.4 Å². The highest BCUT2D eigenvalue weighted by Gasteiger charge is 2.06. The molecule has 1 heterocycles. The van der Waals surface area contributed by atoms with Gasteiger partial charge in [0.05, 0.1) is 12.6 Å². The number of carbonyl (C=O) groups is 1. The van der Waals surface area contributed by atoms with Crippen LogP contribution in [0.5, 0.6) is 0 Å². The van der Waals surface area contributed by atoms with Crippen molar-refractivity contribution in [3.63, 3.8) is 0 Å². The molecule has 0 aliphatic heterocycles. The van der Waals surface area contributed by atoms with Gasteiger partial charge < -0.3 is 15.1 Å². The maximum absolute atomic E-state index is 10.7. The molecule has 1 rings (SSSR count). The van der Waals surface area contributed by atoms with E-state index < -0.39 is 17.5 Å². The topological polar surface area (TPSA) is 111 Å². The molecule has 0 saturated carbocycles. The van der Waals surface area contributed by atoms with Crippen LogP contribution < -0.4 is 17.2 Å². The Morgan fingerprint density at radius 2 is 2.33 bits per heavy atom. The summed E-state index contributed by atoms with van der Waals surface area (Å²) < 4.78 is 5.04. The SMILES string of the molecule is NC(C=O)Cn1oc(=O)[nH]c1=O. The summed E-state index contributed by atoms with van der Waals surface area (Å²) in [6.07, 6.45) is 0.458. The Balaban J connectivity index is 2.89. The number of H-pyrrole nitrogens is 1. The zero-order valence-corrected chi connectivity index (χ0v) is 6.02. The zero-order chi connectivity index (χ0) is 9.14. The molecular weight excluding hydrogens is 166 g/mol. The molecule has 66 valence electrons. The first-order chi connectivity index (χ1) is 5.63. The lowest BCUT2D eigenvalue weighted by atomic mass is 10.4. The van der Waals surface area contributed by atoms with Crippen molar-refractivity contribution in [2.24, 2.45) is 5.73 Å². The van der Waals surface area contributed by atoms with E-state index in [4.69, 9.17) is 5.73 Å². The fraction of sp³-hybridized carbons (Fsp3) is 0.400. The second-order valence-electron chi connectivity index (χ2n) is 2.17. The smallest absolute Gasteiger partial charge is 0.320 e. The van der Waals surface area contributed by atoms with E-state index in [1.165, 1.54) is 0 Å². The third-order valence-electron chi connectivity index (χ3n) is 1.18. The summed E-state index contributed by atoms with van der Waals surface area (Å²) in [6, 6.07) is -0.846. The van der Waals surface area contributed by atoms with Crippen molar-refractivity contribution >= 4 is 6.29 Å². The van der Waals surface area contributed by atoms with Gasteiger partial charge in [0.15, 0.2) is 0 Å². The predicted octanol–water partition coefficient (Wildman–Crippen LogP) is -2.34. The molecule has 12 heavy (non-hydrogen) atoms. The van der Waals surface area contributed by atoms with E-state index in [1.54, 1.807) is 0 Å². The van der Waals surface area contributed by atoms with E-state index >= 15 is 0 Å². The van der Waals surface area contributed by atoms with Gasteiger partial charge in [0.2, 0.25) is 0 Å². The molecular formula is C5H7N3O4. The summed E-state index contributed by atoms with van der Waals surface area (Å²) in [5.74, 6) is -0.863. The molecule has 7 heteroatoms. The first kappa shape index (κ1) is 8.47. The van der Waals surface area contributed by atoms with Crippen molar-refractivity contribution in [2.45, 2.75) is 12.6 Å². The van der Waals surface area contributed by atoms with Crippen LogP contribution in [-0.2, 0) is 11.3 Å². The van der Waals surface area contributed by atoms with Gasteiger partial charge in [-0.1, -0.05) is 0 Å². The van der Waals surface area contributed by atoms with Gasteiger partial charge in [-0.2, -0.15) is 0 Å². The number of carbonyl (C=O) groups excluding carboxylic acids is 1. The van der Waals surface area contributed by atoms with Crippen LogP contribution in [0.25, 0.3) is 0 Å². The quantitative estimate of drug-likeness (QED) is 0.497. The molecule has 0 radical (unpaired) electrons. The minimum atomic E-state index is -0.863. The lowest BCUT2D eigenvalue weighted by Crippen LogP contribution is -2.31. The summed E-state index contributed by atoms with van der Waals surface area (Å²) in [7, 11) is 0. The van der Waals surface area contributed by atoms with Crippen LogP contribution in [-0.4, -0.2) is 22.1 Å². The van der Waals surface area contributed by atoms with E-state index in [0.717, 1.165) is 0 Å². The molecule has 0 fully saturated rings. The van der Waals surface area contributed by atoms with Gasteiger partial charge in [0.25, 0.3) is 0 Å². The maximum Gasteiger partial charge on any atom is 0.440 e. The van der Waals surface area contributed by atoms with Crippen LogP contribution in [0.15, 0.2) is 14.1 Å². The average Bonchev–Trinajstić information content (AvgIpc) is 2.30. The number of nitrogens with zero attached hydrogens (tertiary/aromatic N) is 1. The van der Waals surface area contributed by atoms with Gasteiger partial charge in [0.1, 0.15) is 6.29 Å². The highest BCUT2D eigenvalue weighted by molar-refractivity contribution is 5.56. The summed E-state index contributed by atoms with van der Waals surface area (Å²) in [5, 5.41) is 0. The van der Waals surface area contributed by atoms with E-state index in [2.05, 4.69) is 4.52 Å². The van der Waals surface area contributed by atoms with Crippen molar-refractivity contribution in [3.8, 4) is 0 Å². The van der Waals surface area contributed by atoms with Crippen molar-refractivity contribution < 1.29 is 9.32 Å². The lowest BCUT2D eigenvalue weighted by Gasteiger charge is -1.99. The Labute approximate surface area is 65.7 Å². The van der Waals surface area contributed by atoms with Crippen molar-refractivity contribution in [3.05, 3.63) is 21.0 Å². The molecule has 0 aliphatic rings. The fourth-order valence-corrected chi connectivity index (χ4v) is 0.669. The summed E-state index contributed by atoms with van der Waals surface area (Å²) >= 11 is 0. The highest BCUT2D eigenvalue weighted by atomic mass is 16.5. The Morgan fingerprint density at radius 1 is 1.67 bits per heavy atom. The van der Waals surface area contributed by atoms with Crippen LogP contribution in [0.1, 0.15) is 0 Å². The molecule has 7 nitrogen and oxygen atoms in total. The number of rotatable bonds is 3. The van der Waals surface area contributed by atoms with Gasteiger partial charge in [0, 0.05) is 0 Å². The maximum atomic E-state index is 10.7.